The Morgan fingerprint density at radius 3 is 2.64 bits per heavy atom. The lowest BCUT2D eigenvalue weighted by Gasteiger charge is -2.28. The molecule has 22 heavy (non-hydrogen) atoms. The van der Waals surface area contributed by atoms with Crippen molar-refractivity contribution in [2.75, 3.05) is 32.4 Å². The van der Waals surface area contributed by atoms with Gasteiger partial charge in [-0.1, -0.05) is 17.7 Å². The monoisotopic (exact) mass is 320 g/mol. The number of nitrogens with one attached hydrogen (secondary N) is 1. The van der Waals surface area contributed by atoms with Crippen LogP contribution in [0.4, 0.5) is 0 Å². The van der Waals surface area contributed by atoms with Crippen LogP contribution in [0.15, 0.2) is 29.2 Å². The summed E-state index contributed by atoms with van der Waals surface area (Å²) >= 11 is 1.75. The summed E-state index contributed by atoms with van der Waals surface area (Å²) in [5.74, 6) is 1.83. The van der Waals surface area contributed by atoms with Crippen LogP contribution in [0.2, 0.25) is 0 Å². The Hall–Kier alpha value is -1.00. The van der Waals surface area contributed by atoms with Gasteiger partial charge in [0.15, 0.2) is 0 Å². The fourth-order valence-electron chi connectivity index (χ4n) is 2.75. The van der Waals surface area contributed by atoms with E-state index in [0.29, 0.717) is 6.42 Å². The van der Waals surface area contributed by atoms with Gasteiger partial charge in [0, 0.05) is 23.6 Å². The molecule has 4 heteroatoms. The zero-order valence-electron chi connectivity index (χ0n) is 13.8. The molecule has 0 radical (unpaired) electrons. The number of nitrogens with zero attached hydrogens (tertiary/aromatic N) is 1. The Bertz CT molecular complexity index is 453. The minimum atomic E-state index is 0.188. The van der Waals surface area contributed by atoms with Gasteiger partial charge >= 0.3 is 0 Å². The van der Waals surface area contributed by atoms with Gasteiger partial charge in [-0.3, -0.25) is 4.79 Å². The zero-order valence-corrected chi connectivity index (χ0v) is 14.6. The molecule has 3 nitrogen and oxygen atoms in total. The van der Waals surface area contributed by atoms with Crippen molar-refractivity contribution in [2.24, 2.45) is 5.92 Å². The van der Waals surface area contributed by atoms with Crippen LogP contribution >= 0.6 is 11.8 Å². The maximum Gasteiger partial charge on any atom is 0.220 e. The zero-order chi connectivity index (χ0) is 15.8. The maximum absolute atomic E-state index is 11.8. The number of carbonyl (C=O) groups excluding carboxylic acids is 1. The van der Waals surface area contributed by atoms with Gasteiger partial charge in [-0.05, 0) is 64.4 Å². The predicted octanol–water partition coefficient (Wildman–Crippen LogP) is 3.33. The van der Waals surface area contributed by atoms with Gasteiger partial charge in [0.05, 0.1) is 0 Å². The second kappa shape index (κ2) is 9.21. The summed E-state index contributed by atoms with van der Waals surface area (Å²) in [6, 6.07) is 8.48. The van der Waals surface area contributed by atoms with Gasteiger partial charge in [0.2, 0.25) is 5.91 Å². The fraction of sp³-hybridized carbons (Fsp3) is 0.611. The van der Waals surface area contributed by atoms with Gasteiger partial charge in [0.1, 0.15) is 0 Å². The molecule has 1 fully saturated rings. The van der Waals surface area contributed by atoms with Crippen LogP contribution in [-0.4, -0.2) is 43.2 Å². The molecule has 0 spiro atoms. The lowest BCUT2D eigenvalue weighted by atomic mass is 9.94. The molecule has 0 atom stereocenters. The third-order valence-electron chi connectivity index (χ3n) is 4.33. The fourth-order valence-corrected chi connectivity index (χ4v) is 3.60. The van der Waals surface area contributed by atoms with E-state index < -0.39 is 0 Å². The van der Waals surface area contributed by atoms with Crippen molar-refractivity contribution in [3.05, 3.63) is 29.8 Å². The predicted molar refractivity (Wildman–Crippen MR) is 94.4 cm³/mol. The number of likely N-dealkylation sites (tertiary alicyclic amines) is 1. The molecule has 0 unspecified atom stereocenters. The van der Waals surface area contributed by atoms with Crippen LogP contribution in [0.25, 0.3) is 0 Å². The molecule has 1 aromatic carbocycles. The van der Waals surface area contributed by atoms with Gasteiger partial charge < -0.3 is 10.2 Å². The van der Waals surface area contributed by atoms with Crippen LogP contribution in [0.5, 0.6) is 0 Å². The molecular weight excluding hydrogens is 292 g/mol. The Morgan fingerprint density at radius 1 is 1.27 bits per heavy atom. The number of thioether (sulfide) groups is 1. The number of aryl methyl sites for hydroxylation is 1. The molecule has 1 aromatic rings. The van der Waals surface area contributed by atoms with Crippen LogP contribution in [0, 0.1) is 12.8 Å². The van der Waals surface area contributed by atoms with Crippen molar-refractivity contribution in [3.63, 3.8) is 0 Å². The summed E-state index contributed by atoms with van der Waals surface area (Å²) in [4.78, 5) is 15.5. The molecule has 1 N–H and O–H groups in total. The Kier molecular flexibility index (Phi) is 7.26. The van der Waals surface area contributed by atoms with E-state index in [-0.39, 0.29) is 5.91 Å². The van der Waals surface area contributed by atoms with E-state index in [0.717, 1.165) is 24.6 Å². The van der Waals surface area contributed by atoms with Gasteiger partial charge in [-0.15, -0.1) is 11.8 Å². The SMILES string of the molecule is Cc1ccc(SCCC(=O)NCCC2CCN(C)CC2)cc1. The Labute approximate surface area is 138 Å². The number of benzene rings is 1. The molecule has 1 aliphatic rings. The van der Waals surface area contributed by atoms with E-state index in [1.807, 2.05) is 0 Å². The molecule has 0 aromatic heterocycles. The first kappa shape index (κ1) is 17.4. The van der Waals surface area contributed by atoms with Crippen molar-refractivity contribution in [1.29, 1.82) is 0 Å². The molecule has 1 aliphatic heterocycles. The highest BCUT2D eigenvalue weighted by Crippen LogP contribution is 2.20. The van der Waals surface area contributed by atoms with Crippen molar-refractivity contribution in [3.8, 4) is 0 Å². The quantitative estimate of drug-likeness (QED) is 0.782. The third-order valence-corrected chi connectivity index (χ3v) is 5.35. The average Bonchev–Trinajstić information content (AvgIpc) is 2.51. The maximum atomic E-state index is 11.8. The second-order valence-electron chi connectivity index (χ2n) is 6.30. The Balaban J connectivity index is 1.53. The number of amides is 1. The van der Waals surface area contributed by atoms with E-state index in [1.54, 1.807) is 11.8 Å². The van der Waals surface area contributed by atoms with Crippen LogP contribution < -0.4 is 5.32 Å². The van der Waals surface area contributed by atoms with E-state index in [9.17, 15) is 4.79 Å². The van der Waals surface area contributed by atoms with Gasteiger partial charge in [-0.2, -0.15) is 0 Å². The van der Waals surface area contributed by atoms with Crippen LogP contribution in [0.1, 0.15) is 31.2 Å². The topological polar surface area (TPSA) is 32.3 Å². The van der Waals surface area contributed by atoms with Crippen LogP contribution in [-0.2, 0) is 4.79 Å². The standard InChI is InChI=1S/C18H28N2OS/c1-15-3-5-17(6-4-15)22-14-10-18(21)19-11-7-16-8-12-20(2)13-9-16/h3-6,16H,7-14H2,1-2H3,(H,19,21). The lowest BCUT2D eigenvalue weighted by molar-refractivity contribution is -0.120. The molecule has 0 aliphatic carbocycles. The molecule has 1 amide bonds. The molecule has 122 valence electrons. The first-order valence-electron chi connectivity index (χ1n) is 8.28. The molecular formula is C18H28N2OS. The summed E-state index contributed by atoms with van der Waals surface area (Å²) in [5, 5.41) is 3.07. The smallest absolute Gasteiger partial charge is 0.220 e. The van der Waals surface area contributed by atoms with E-state index in [2.05, 4.69) is 48.5 Å². The van der Waals surface area contributed by atoms with E-state index in [4.69, 9.17) is 0 Å². The van der Waals surface area contributed by atoms with Gasteiger partial charge in [0.25, 0.3) is 0 Å². The summed E-state index contributed by atoms with van der Waals surface area (Å²) < 4.78 is 0. The number of rotatable bonds is 7. The Morgan fingerprint density at radius 2 is 1.95 bits per heavy atom. The number of piperidine rings is 1. The number of hydrogen-bond donors (Lipinski definition) is 1. The molecule has 1 saturated heterocycles. The first-order valence-corrected chi connectivity index (χ1v) is 9.27. The van der Waals surface area contributed by atoms with Crippen LogP contribution in [0.3, 0.4) is 0 Å². The molecule has 2 rings (SSSR count). The summed E-state index contributed by atoms with van der Waals surface area (Å²) in [6.45, 7) is 5.33. The highest BCUT2D eigenvalue weighted by molar-refractivity contribution is 7.99. The van der Waals surface area contributed by atoms with Crippen molar-refractivity contribution in [2.45, 2.75) is 37.5 Å². The largest absolute Gasteiger partial charge is 0.356 e. The van der Waals surface area contributed by atoms with Crippen molar-refractivity contribution < 1.29 is 4.79 Å². The summed E-state index contributed by atoms with van der Waals surface area (Å²) in [6.07, 6.45) is 4.28. The van der Waals surface area contributed by atoms with E-state index in [1.165, 1.54) is 36.4 Å². The van der Waals surface area contributed by atoms with E-state index >= 15 is 0 Å². The minimum Gasteiger partial charge on any atom is -0.356 e. The average molecular weight is 321 g/mol. The van der Waals surface area contributed by atoms with Gasteiger partial charge in [-0.25, -0.2) is 0 Å². The summed E-state index contributed by atoms with van der Waals surface area (Å²) in [5.41, 5.74) is 1.27. The minimum absolute atomic E-state index is 0.188. The third kappa shape index (κ3) is 6.41. The highest BCUT2D eigenvalue weighted by atomic mass is 32.2. The first-order chi connectivity index (χ1) is 10.6. The normalized spacial score (nSPS) is 16.6. The van der Waals surface area contributed by atoms with Crippen molar-refractivity contribution >= 4 is 17.7 Å². The highest BCUT2D eigenvalue weighted by Gasteiger charge is 2.16. The molecule has 0 bridgehead atoms. The lowest BCUT2D eigenvalue weighted by Crippen LogP contribution is -2.32. The summed E-state index contributed by atoms with van der Waals surface area (Å²) in [7, 11) is 2.18. The molecule has 0 saturated carbocycles. The number of hydrogen-bond acceptors (Lipinski definition) is 3. The molecule has 1 heterocycles. The number of carbonyl (C=O) groups is 1. The second-order valence-corrected chi connectivity index (χ2v) is 7.47. The van der Waals surface area contributed by atoms with Crippen molar-refractivity contribution in [1.82, 2.24) is 10.2 Å².